The maximum absolute atomic E-state index is 11.0. The van der Waals surface area contributed by atoms with Gasteiger partial charge in [-0.25, -0.2) is 0 Å². The highest BCUT2D eigenvalue weighted by Crippen LogP contribution is 2.24. The van der Waals surface area contributed by atoms with Gasteiger partial charge in [-0.1, -0.05) is 13.8 Å². The highest BCUT2D eigenvalue weighted by molar-refractivity contribution is 5.82. The lowest BCUT2D eigenvalue weighted by molar-refractivity contribution is -0.131. The lowest BCUT2D eigenvalue weighted by Gasteiger charge is -2.27. The smallest absolute Gasteiger partial charge is 0.225 e. The summed E-state index contributed by atoms with van der Waals surface area (Å²) in [6.45, 7) is 4.84. The number of nitrogens with one attached hydrogen (secondary N) is 1. The molecule has 1 heterocycles. The van der Waals surface area contributed by atoms with Gasteiger partial charge in [-0.3, -0.25) is 4.79 Å². The average molecular weight is 127 g/mol. The minimum Gasteiger partial charge on any atom is -0.356 e. The molecule has 52 valence electrons. The maximum atomic E-state index is 11.0. The van der Waals surface area contributed by atoms with Crippen LogP contribution in [0, 0.1) is 5.41 Å². The molecule has 2 heteroatoms. The molecular weight excluding hydrogens is 114 g/mol. The number of carbonyl (C=O) groups is 1. The van der Waals surface area contributed by atoms with Crippen molar-refractivity contribution in [2.24, 2.45) is 5.41 Å². The molecule has 1 aliphatic rings. The molecule has 0 radical (unpaired) electrons. The Morgan fingerprint density at radius 3 is 2.56 bits per heavy atom. The fourth-order valence-electron chi connectivity index (χ4n) is 1.09. The molecule has 9 heavy (non-hydrogen) atoms. The van der Waals surface area contributed by atoms with E-state index >= 15 is 0 Å². The molecule has 1 rings (SSSR count). The van der Waals surface area contributed by atoms with Gasteiger partial charge in [-0.15, -0.1) is 0 Å². The van der Waals surface area contributed by atoms with Crippen molar-refractivity contribution in [2.45, 2.75) is 26.7 Å². The van der Waals surface area contributed by atoms with Crippen LogP contribution in [0.4, 0.5) is 0 Å². The van der Waals surface area contributed by atoms with Crippen LogP contribution in [0.3, 0.4) is 0 Å². The van der Waals surface area contributed by atoms with Crippen LogP contribution in [-0.4, -0.2) is 12.5 Å². The molecular formula is C7H13NO. The van der Waals surface area contributed by atoms with Crippen molar-refractivity contribution in [1.82, 2.24) is 5.32 Å². The molecule has 0 atom stereocenters. The van der Waals surface area contributed by atoms with Crippen LogP contribution >= 0.6 is 0 Å². The van der Waals surface area contributed by atoms with Gasteiger partial charge in [0.15, 0.2) is 0 Å². The van der Waals surface area contributed by atoms with Crippen molar-refractivity contribution in [1.29, 1.82) is 0 Å². The third-order valence-electron chi connectivity index (χ3n) is 1.88. The fraction of sp³-hybridized carbons (Fsp3) is 0.857. The van der Waals surface area contributed by atoms with Crippen LogP contribution in [0.25, 0.3) is 0 Å². The first kappa shape index (κ1) is 6.59. The number of carbonyl (C=O) groups excluding carboxylic acids is 1. The van der Waals surface area contributed by atoms with E-state index in [4.69, 9.17) is 0 Å². The molecule has 0 aromatic rings. The van der Waals surface area contributed by atoms with Crippen molar-refractivity contribution in [2.75, 3.05) is 6.54 Å². The van der Waals surface area contributed by atoms with E-state index in [1.165, 1.54) is 0 Å². The Hall–Kier alpha value is -0.530. The van der Waals surface area contributed by atoms with Gasteiger partial charge in [0, 0.05) is 12.0 Å². The third-order valence-corrected chi connectivity index (χ3v) is 1.88. The van der Waals surface area contributed by atoms with Gasteiger partial charge in [-0.2, -0.15) is 0 Å². The summed E-state index contributed by atoms with van der Waals surface area (Å²) in [5, 5.41) is 2.83. The quantitative estimate of drug-likeness (QED) is 0.515. The summed E-state index contributed by atoms with van der Waals surface area (Å²) in [6.07, 6.45) is 2.15. The molecule has 0 spiro atoms. The first-order valence-electron chi connectivity index (χ1n) is 3.41. The monoisotopic (exact) mass is 127 g/mol. The molecule has 1 saturated heterocycles. The van der Waals surface area contributed by atoms with E-state index in [0.717, 1.165) is 19.4 Å². The summed E-state index contributed by atoms with van der Waals surface area (Å²) in [4.78, 5) is 11.0. The second-order valence-corrected chi connectivity index (χ2v) is 3.24. The fourth-order valence-corrected chi connectivity index (χ4v) is 1.09. The Morgan fingerprint density at radius 2 is 2.22 bits per heavy atom. The summed E-state index contributed by atoms with van der Waals surface area (Å²) in [7, 11) is 0. The van der Waals surface area contributed by atoms with Crippen molar-refractivity contribution < 1.29 is 4.79 Å². The van der Waals surface area contributed by atoms with Gasteiger partial charge in [0.25, 0.3) is 0 Å². The van der Waals surface area contributed by atoms with Crippen LogP contribution < -0.4 is 5.32 Å². The van der Waals surface area contributed by atoms with Crippen LogP contribution in [0.15, 0.2) is 0 Å². The molecule has 1 N–H and O–H groups in total. The largest absolute Gasteiger partial charge is 0.356 e. The second-order valence-electron chi connectivity index (χ2n) is 3.24. The molecule has 1 aliphatic heterocycles. The zero-order valence-electron chi connectivity index (χ0n) is 6.03. The van der Waals surface area contributed by atoms with E-state index in [-0.39, 0.29) is 11.3 Å². The minimum atomic E-state index is -0.113. The predicted molar refractivity (Wildman–Crippen MR) is 36.0 cm³/mol. The molecule has 0 saturated carbocycles. The van der Waals surface area contributed by atoms with E-state index < -0.39 is 0 Å². The summed E-state index contributed by atoms with van der Waals surface area (Å²) in [6, 6.07) is 0. The van der Waals surface area contributed by atoms with Crippen LogP contribution in [-0.2, 0) is 4.79 Å². The van der Waals surface area contributed by atoms with Gasteiger partial charge >= 0.3 is 0 Å². The van der Waals surface area contributed by atoms with E-state index in [2.05, 4.69) is 5.32 Å². The molecule has 0 unspecified atom stereocenters. The van der Waals surface area contributed by atoms with Crippen molar-refractivity contribution in [3.63, 3.8) is 0 Å². The van der Waals surface area contributed by atoms with Gasteiger partial charge in [-0.05, 0) is 12.8 Å². The maximum Gasteiger partial charge on any atom is 0.225 e. The Kier molecular flexibility index (Phi) is 1.47. The molecule has 2 nitrogen and oxygen atoms in total. The summed E-state index contributed by atoms with van der Waals surface area (Å²) in [5.41, 5.74) is -0.113. The Morgan fingerprint density at radius 1 is 1.56 bits per heavy atom. The summed E-state index contributed by atoms with van der Waals surface area (Å²) < 4.78 is 0. The average Bonchev–Trinajstić information content (AvgIpc) is 1.77. The highest BCUT2D eigenvalue weighted by atomic mass is 16.2. The number of amides is 1. The van der Waals surface area contributed by atoms with E-state index in [1.807, 2.05) is 13.8 Å². The number of piperidine rings is 1. The van der Waals surface area contributed by atoms with Crippen LogP contribution in [0.1, 0.15) is 26.7 Å². The first-order chi connectivity index (χ1) is 4.13. The second kappa shape index (κ2) is 2.01. The number of rotatable bonds is 0. The molecule has 1 fully saturated rings. The Balaban J connectivity index is 2.60. The molecule has 0 bridgehead atoms. The van der Waals surface area contributed by atoms with Crippen LogP contribution in [0.5, 0.6) is 0 Å². The van der Waals surface area contributed by atoms with Gasteiger partial charge in [0.05, 0.1) is 0 Å². The zero-order chi connectivity index (χ0) is 6.91. The van der Waals surface area contributed by atoms with E-state index in [1.54, 1.807) is 0 Å². The van der Waals surface area contributed by atoms with Crippen molar-refractivity contribution >= 4 is 5.91 Å². The molecule has 0 aromatic heterocycles. The van der Waals surface area contributed by atoms with Gasteiger partial charge in [0.2, 0.25) is 5.91 Å². The lowest BCUT2D eigenvalue weighted by atomic mass is 9.84. The molecule has 0 aliphatic carbocycles. The third kappa shape index (κ3) is 1.23. The zero-order valence-corrected chi connectivity index (χ0v) is 6.03. The van der Waals surface area contributed by atoms with Gasteiger partial charge in [0.1, 0.15) is 0 Å². The Bertz CT molecular complexity index is 129. The normalized spacial score (nSPS) is 25.3. The number of hydrogen-bond donors (Lipinski definition) is 1. The molecule has 1 amide bonds. The lowest BCUT2D eigenvalue weighted by Crippen LogP contribution is -2.42. The SMILES string of the molecule is CC1(C)CCCNC1=O. The minimum absolute atomic E-state index is 0.113. The van der Waals surface area contributed by atoms with E-state index in [9.17, 15) is 4.79 Å². The summed E-state index contributed by atoms with van der Waals surface area (Å²) in [5.74, 6) is 0.203. The topological polar surface area (TPSA) is 29.1 Å². The first-order valence-corrected chi connectivity index (χ1v) is 3.41. The van der Waals surface area contributed by atoms with Gasteiger partial charge < -0.3 is 5.32 Å². The predicted octanol–water partition coefficient (Wildman–Crippen LogP) is 0.923. The Labute approximate surface area is 55.6 Å². The van der Waals surface area contributed by atoms with Crippen molar-refractivity contribution in [3.05, 3.63) is 0 Å². The standard InChI is InChI=1S/C7H13NO/c1-7(2)4-3-5-8-6(7)9/h3-5H2,1-2H3,(H,8,9). The van der Waals surface area contributed by atoms with Crippen LogP contribution in [0.2, 0.25) is 0 Å². The van der Waals surface area contributed by atoms with Crippen molar-refractivity contribution in [3.8, 4) is 0 Å². The molecule has 0 aromatic carbocycles. The summed E-state index contributed by atoms with van der Waals surface area (Å²) >= 11 is 0. The van der Waals surface area contributed by atoms with E-state index in [0.29, 0.717) is 0 Å². The highest BCUT2D eigenvalue weighted by Gasteiger charge is 2.29. The number of hydrogen-bond acceptors (Lipinski definition) is 1.